The molecular weight excluding hydrogens is 289 g/mol. The van der Waals surface area contributed by atoms with Crippen molar-refractivity contribution < 1.29 is 9.90 Å². The molecule has 6 heteroatoms. The Hall–Kier alpha value is 0.350. The van der Waals surface area contributed by atoms with Gasteiger partial charge in [0.1, 0.15) is 0 Å². The fourth-order valence-corrected chi connectivity index (χ4v) is 2.53. The first-order valence-corrected chi connectivity index (χ1v) is 8.53. The van der Waals surface area contributed by atoms with Crippen LogP contribution in [0.25, 0.3) is 0 Å². The number of carboxylic acids is 1. The molecule has 0 saturated heterocycles. The zero-order valence-electron chi connectivity index (χ0n) is 14.9. The van der Waals surface area contributed by atoms with E-state index >= 15 is 0 Å². The number of hydrogen-bond donors (Lipinski definition) is 3. The molecule has 0 heterocycles. The molecule has 0 unspecified atom stereocenters. The number of aliphatic carboxylic acids is 1. The van der Waals surface area contributed by atoms with Gasteiger partial charge >= 0.3 is 5.97 Å². The summed E-state index contributed by atoms with van der Waals surface area (Å²) >= 11 is 0. The standard InChI is InChI=1S/C16H35N3O2.Na/c1-3-5-6-7-8-9-10-11-12-13-14-19(4-2)16(17,18)15(20)21;/h3-14,17-18H2,1-2H3,(H,20,21);. The first-order chi connectivity index (χ1) is 9.96. The summed E-state index contributed by atoms with van der Waals surface area (Å²) in [6.07, 6.45) is 12.6. The van der Waals surface area contributed by atoms with Crippen LogP contribution in [0.5, 0.6) is 0 Å². The SMILES string of the molecule is CCCCCCCCCCCCN(CC)C(N)(N)C(=O)O.[Na]. The van der Waals surface area contributed by atoms with Crippen LogP contribution in [0.15, 0.2) is 0 Å². The summed E-state index contributed by atoms with van der Waals surface area (Å²) in [4.78, 5) is 12.6. The smallest absolute Gasteiger partial charge is 0.354 e. The van der Waals surface area contributed by atoms with Crippen LogP contribution >= 0.6 is 0 Å². The van der Waals surface area contributed by atoms with Crippen molar-refractivity contribution in [1.82, 2.24) is 4.90 Å². The van der Waals surface area contributed by atoms with E-state index in [-0.39, 0.29) is 29.6 Å². The minimum absolute atomic E-state index is 0. The molecule has 0 rings (SSSR count). The normalized spacial score (nSPS) is 11.5. The Kier molecular flexibility index (Phi) is 16.7. The fraction of sp³-hybridized carbons (Fsp3) is 0.938. The molecule has 22 heavy (non-hydrogen) atoms. The van der Waals surface area contributed by atoms with Gasteiger partial charge in [-0.2, -0.15) is 0 Å². The molecule has 0 bridgehead atoms. The molecule has 0 atom stereocenters. The molecule has 0 aliphatic rings. The van der Waals surface area contributed by atoms with Crippen LogP contribution in [0.4, 0.5) is 0 Å². The first kappa shape index (κ1) is 24.6. The van der Waals surface area contributed by atoms with E-state index in [4.69, 9.17) is 16.6 Å². The molecule has 5 nitrogen and oxygen atoms in total. The third-order valence-electron chi connectivity index (χ3n) is 4.03. The van der Waals surface area contributed by atoms with E-state index in [1.807, 2.05) is 6.92 Å². The summed E-state index contributed by atoms with van der Waals surface area (Å²) in [6, 6.07) is 0. The second kappa shape index (κ2) is 14.9. The number of nitrogens with two attached hydrogens (primary N) is 2. The Morgan fingerprint density at radius 3 is 1.68 bits per heavy atom. The predicted molar refractivity (Wildman–Crippen MR) is 93.6 cm³/mol. The summed E-state index contributed by atoms with van der Waals surface area (Å²) in [7, 11) is 0. The minimum atomic E-state index is -1.74. The van der Waals surface area contributed by atoms with Crippen molar-refractivity contribution in [1.29, 1.82) is 0 Å². The van der Waals surface area contributed by atoms with Crippen LogP contribution in [0, 0.1) is 0 Å². The number of hydrogen-bond acceptors (Lipinski definition) is 4. The van der Waals surface area contributed by atoms with E-state index in [9.17, 15) is 4.79 Å². The number of unbranched alkanes of at least 4 members (excludes halogenated alkanes) is 9. The van der Waals surface area contributed by atoms with E-state index < -0.39 is 11.8 Å². The third-order valence-corrected chi connectivity index (χ3v) is 4.03. The largest absolute Gasteiger partial charge is 0.478 e. The van der Waals surface area contributed by atoms with Gasteiger partial charge in [0.15, 0.2) is 0 Å². The van der Waals surface area contributed by atoms with Crippen molar-refractivity contribution in [2.75, 3.05) is 13.1 Å². The molecule has 0 aromatic heterocycles. The summed E-state index contributed by atoms with van der Waals surface area (Å²) in [5, 5.41) is 9.01. The first-order valence-electron chi connectivity index (χ1n) is 8.53. The van der Waals surface area contributed by atoms with Crippen molar-refractivity contribution in [2.45, 2.75) is 83.8 Å². The number of carboxylic acid groups (broad SMARTS) is 1. The predicted octanol–water partition coefficient (Wildman–Crippen LogP) is 2.50. The molecular formula is C16H35N3NaO2. The summed E-state index contributed by atoms with van der Waals surface area (Å²) in [5.74, 6) is -2.91. The molecule has 0 aliphatic carbocycles. The summed E-state index contributed by atoms with van der Waals surface area (Å²) < 4.78 is 0. The molecule has 0 aromatic carbocycles. The van der Waals surface area contributed by atoms with E-state index in [2.05, 4.69) is 6.92 Å². The summed E-state index contributed by atoms with van der Waals surface area (Å²) in [6.45, 7) is 5.32. The molecule has 0 amide bonds. The van der Waals surface area contributed by atoms with E-state index in [1.165, 1.54) is 51.4 Å². The average molecular weight is 324 g/mol. The minimum Gasteiger partial charge on any atom is -0.478 e. The maximum Gasteiger partial charge on any atom is 0.354 e. The summed E-state index contributed by atoms with van der Waals surface area (Å²) in [5.41, 5.74) is 11.3. The van der Waals surface area contributed by atoms with Gasteiger partial charge in [0, 0.05) is 36.1 Å². The second-order valence-electron chi connectivity index (χ2n) is 5.89. The Balaban J connectivity index is 0. The zero-order chi connectivity index (χ0) is 16.1. The van der Waals surface area contributed by atoms with Gasteiger partial charge in [-0.15, -0.1) is 0 Å². The maximum atomic E-state index is 11.0. The number of likely N-dealkylation sites (N-methyl/N-ethyl adjacent to an activating group) is 1. The van der Waals surface area contributed by atoms with Gasteiger partial charge < -0.3 is 5.11 Å². The molecule has 0 fully saturated rings. The monoisotopic (exact) mass is 324 g/mol. The van der Waals surface area contributed by atoms with Crippen LogP contribution in [0.3, 0.4) is 0 Å². The van der Waals surface area contributed by atoms with Crippen molar-refractivity contribution in [3.63, 3.8) is 0 Å². The van der Waals surface area contributed by atoms with Gasteiger partial charge in [-0.1, -0.05) is 71.6 Å². The average Bonchev–Trinajstić information content (AvgIpc) is 2.44. The molecule has 0 aliphatic heterocycles. The molecule has 0 aromatic rings. The van der Waals surface area contributed by atoms with Crippen molar-refractivity contribution >= 4 is 35.5 Å². The molecule has 127 valence electrons. The van der Waals surface area contributed by atoms with Crippen molar-refractivity contribution in [2.24, 2.45) is 11.5 Å². The van der Waals surface area contributed by atoms with Gasteiger partial charge in [-0.05, 0) is 13.0 Å². The maximum absolute atomic E-state index is 11.0. The van der Waals surface area contributed by atoms with Gasteiger partial charge in [-0.3, -0.25) is 16.4 Å². The molecule has 5 N–H and O–H groups in total. The Morgan fingerprint density at radius 1 is 0.909 bits per heavy atom. The molecule has 1 radical (unpaired) electrons. The number of nitrogens with zero attached hydrogens (tertiary/aromatic N) is 1. The Bertz CT molecular complexity index is 276. The fourth-order valence-electron chi connectivity index (χ4n) is 2.53. The second-order valence-corrected chi connectivity index (χ2v) is 5.89. The number of rotatable bonds is 14. The van der Waals surface area contributed by atoms with Crippen LogP contribution in [-0.2, 0) is 4.79 Å². The van der Waals surface area contributed by atoms with Crippen LogP contribution < -0.4 is 11.5 Å². The zero-order valence-corrected chi connectivity index (χ0v) is 16.9. The van der Waals surface area contributed by atoms with E-state index in [0.29, 0.717) is 13.1 Å². The van der Waals surface area contributed by atoms with Gasteiger partial charge in [0.05, 0.1) is 0 Å². The topological polar surface area (TPSA) is 92.6 Å². The number of carbonyl (C=O) groups is 1. The Labute approximate surface area is 158 Å². The van der Waals surface area contributed by atoms with Crippen LogP contribution in [-0.4, -0.2) is 64.4 Å². The van der Waals surface area contributed by atoms with Gasteiger partial charge in [0.25, 0.3) is 0 Å². The van der Waals surface area contributed by atoms with Crippen LogP contribution in [0.2, 0.25) is 0 Å². The third kappa shape index (κ3) is 11.0. The van der Waals surface area contributed by atoms with Crippen molar-refractivity contribution in [3.05, 3.63) is 0 Å². The quantitative estimate of drug-likeness (QED) is 0.259. The molecule has 0 saturated carbocycles. The van der Waals surface area contributed by atoms with E-state index in [0.717, 1.165) is 12.8 Å². The van der Waals surface area contributed by atoms with Gasteiger partial charge in [0.2, 0.25) is 5.79 Å². The Morgan fingerprint density at radius 2 is 1.32 bits per heavy atom. The van der Waals surface area contributed by atoms with Crippen molar-refractivity contribution in [3.8, 4) is 0 Å². The molecule has 0 spiro atoms. The van der Waals surface area contributed by atoms with Gasteiger partial charge in [-0.25, -0.2) is 4.79 Å². The van der Waals surface area contributed by atoms with Crippen LogP contribution in [0.1, 0.15) is 78.1 Å². The van der Waals surface area contributed by atoms with E-state index in [1.54, 1.807) is 4.90 Å².